The lowest BCUT2D eigenvalue weighted by Crippen LogP contribution is -2.19. The molecule has 2 rings (SSSR count). The Labute approximate surface area is 104 Å². The van der Waals surface area contributed by atoms with Crippen molar-refractivity contribution >= 4 is 25.5 Å². The van der Waals surface area contributed by atoms with E-state index in [2.05, 4.69) is 4.98 Å². The van der Waals surface area contributed by atoms with Crippen LogP contribution < -0.4 is 5.14 Å². The molecule has 0 aliphatic heterocycles. The van der Waals surface area contributed by atoms with Crippen LogP contribution in [0.15, 0.2) is 34.4 Å². The van der Waals surface area contributed by atoms with Gasteiger partial charge in [0, 0.05) is 6.20 Å². The van der Waals surface area contributed by atoms with Gasteiger partial charge >= 0.3 is 0 Å². The summed E-state index contributed by atoms with van der Waals surface area (Å²) < 4.78 is 47.9. The molecule has 2 N–H and O–H groups in total. The number of rotatable bonds is 3. The summed E-state index contributed by atoms with van der Waals surface area (Å²) in [5.74, 6) is -0.251. The molecular formula is C9H11N3O4S2. The summed E-state index contributed by atoms with van der Waals surface area (Å²) in [5, 5.41) is 4.07. The maximum atomic E-state index is 11.8. The number of sulfonamides is 1. The number of pyridine rings is 1. The molecule has 7 nitrogen and oxygen atoms in total. The van der Waals surface area contributed by atoms with Gasteiger partial charge in [0.2, 0.25) is 0 Å². The third-order valence-corrected chi connectivity index (χ3v) is 5.09. The van der Waals surface area contributed by atoms with Crippen molar-refractivity contribution in [3.63, 3.8) is 0 Å². The van der Waals surface area contributed by atoms with Crippen LogP contribution in [0, 0.1) is 0 Å². The molecule has 0 saturated carbocycles. The average Bonchev–Trinajstić information content (AvgIpc) is 2.68. The van der Waals surface area contributed by atoms with Gasteiger partial charge in [-0.3, -0.25) is 4.40 Å². The van der Waals surface area contributed by atoms with E-state index >= 15 is 0 Å². The summed E-state index contributed by atoms with van der Waals surface area (Å²) >= 11 is 0. The first-order chi connectivity index (χ1) is 8.27. The maximum Gasteiger partial charge on any atom is 0.257 e. The van der Waals surface area contributed by atoms with E-state index in [0.29, 0.717) is 0 Å². The van der Waals surface area contributed by atoms with Gasteiger partial charge in [-0.1, -0.05) is 13.0 Å². The van der Waals surface area contributed by atoms with Crippen LogP contribution in [0.3, 0.4) is 0 Å². The smallest absolute Gasteiger partial charge is 0.257 e. The van der Waals surface area contributed by atoms with E-state index in [9.17, 15) is 16.8 Å². The standard InChI is InChI=1S/C9H11N3O4S2/c1-2-17(13,14)8-9(18(10,15)16)12-6-4-3-5-7(12)11-8/h3-6H,2H2,1H3,(H2,10,15,16). The van der Waals surface area contributed by atoms with E-state index in [4.69, 9.17) is 5.14 Å². The molecule has 0 saturated heterocycles. The Morgan fingerprint density at radius 3 is 2.50 bits per heavy atom. The number of aromatic nitrogens is 2. The van der Waals surface area contributed by atoms with Crippen molar-refractivity contribution in [2.45, 2.75) is 17.0 Å². The van der Waals surface area contributed by atoms with E-state index in [-0.39, 0.29) is 11.4 Å². The predicted molar refractivity (Wildman–Crippen MR) is 64.3 cm³/mol. The molecule has 2 heterocycles. The second-order valence-electron chi connectivity index (χ2n) is 3.60. The molecule has 0 unspecified atom stereocenters. The van der Waals surface area contributed by atoms with Gasteiger partial charge in [0.05, 0.1) is 5.75 Å². The number of sulfone groups is 1. The lowest BCUT2D eigenvalue weighted by molar-refractivity contribution is 0.576. The maximum absolute atomic E-state index is 11.8. The average molecular weight is 289 g/mol. The van der Waals surface area contributed by atoms with Crippen molar-refractivity contribution in [2.75, 3.05) is 5.75 Å². The van der Waals surface area contributed by atoms with Crippen LogP contribution in [-0.2, 0) is 19.9 Å². The van der Waals surface area contributed by atoms with Crippen molar-refractivity contribution < 1.29 is 16.8 Å². The summed E-state index contributed by atoms with van der Waals surface area (Å²) in [4.78, 5) is 3.84. The van der Waals surface area contributed by atoms with E-state index in [1.54, 1.807) is 12.1 Å². The number of nitrogens with zero attached hydrogens (tertiary/aromatic N) is 2. The van der Waals surface area contributed by atoms with Gasteiger partial charge in [0.25, 0.3) is 10.0 Å². The Morgan fingerprint density at radius 2 is 1.94 bits per heavy atom. The minimum Gasteiger partial charge on any atom is -0.288 e. The SMILES string of the molecule is CCS(=O)(=O)c1nc2ccccn2c1S(N)(=O)=O. The second-order valence-corrected chi connectivity index (χ2v) is 7.27. The van der Waals surface area contributed by atoms with Crippen LogP contribution in [0.2, 0.25) is 0 Å². The molecule has 98 valence electrons. The van der Waals surface area contributed by atoms with Gasteiger partial charge in [-0.25, -0.2) is 27.0 Å². The highest BCUT2D eigenvalue weighted by Crippen LogP contribution is 2.22. The molecule has 0 spiro atoms. The minimum atomic E-state index is -4.19. The van der Waals surface area contributed by atoms with Crippen molar-refractivity contribution in [2.24, 2.45) is 5.14 Å². The fraction of sp³-hybridized carbons (Fsp3) is 0.222. The second kappa shape index (κ2) is 4.04. The van der Waals surface area contributed by atoms with Crippen molar-refractivity contribution in [3.05, 3.63) is 24.4 Å². The number of primary sulfonamides is 1. The first-order valence-electron chi connectivity index (χ1n) is 5.00. The molecule has 18 heavy (non-hydrogen) atoms. The first kappa shape index (κ1) is 13.0. The van der Waals surface area contributed by atoms with E-state index in [1.165, 1.54) is 19.2 Å². The lowest BCUT2D eigenvalue weighted by Gasteiger charge is -2.01. The monoisotopic (exact) mass is 289 g/mol. The van der Waals surface area contributed by atoms with Gasteiger partial charge in [-0.2, -0.15) is 0 Å². The van der Waals surface area contributed by atoms with E-state index < -0.39 is 29.9 Å². The normalized spacial score (nSPS) is 13.0. The Kier molecular flexibility index (Phi) is 2.92. The molecule has 2 aromatic rings. The van der Waals surface area contributed by atoms with Crippen molar-refractivity contribution in [3.8, 4) is 0 Å². The number of fused-ring (bicyclic) bond motifs is 1. The lowest BCUT2D eigenvalue weighted by atomic mass is 10.5. The van der Waals surface area contributed by atoms with Crippen LogP contribution in [-0.4, -0.2) is 32.0 Å². The molecule has 9 heteroatoms. The molecule has 0 fully saturated rings. The van der Waals surface area contributed by atoms with Crippen LogP contribution >= 0.6 is 0 Å². The van der Waals surface area contributed by atoms with Crippen molar-refractivity contribution in [1.29, 1.82) is 0 Å². The summed E-state index contributed by atoms with van der Waals surface area (Å²) in [5.41, 5.74) is 0.216. The number of nitrogens with two attached hydrogens (primary N) is 1. The Bertz CT molecular complexity index is 805. The molecule has 0 atom stereocenters. The summed E-state index contributed by atoms with van der Waals surface area (Å²) in [6.07, 6.45) is 1.40. The van der Waals surface area contributed by atoms with Crippen LogP contribution in [0.4, 0.5) is 0 Å². The topological polar surface area (TPSA) is 112 Å². The Balaban J connectivity index is 3.00. The number of hydrogen-bond donors (Lipinski definition) is 1. The zero-order valence-corrected chi connectivity index (χ0v) is 11.1. The van der Waals surface area contributed by atoms with Gasteiger partial charge in [-0.05, 0) is 12.1 Å². The Hall–Kier alpha value is -1.45. The van der Waals surface area contributed by atoms with Crippen LogP contribution in [0.1, 0.15) is 6.92 Å². The van der Waals surface area contributed by atoms with Gasteiger partial charge in [0.1, 0.15) is 5.65 Å². The van der Waals surface area contributed by atoms with Gasteiger partial charge in [-0.15, -0.1) is 0 Å². The largest absolute Gasteiger partial charge is 0.288 e. The highest BCUT2D eigenvalue weighted by molar-refractivity contribution is 7.93. The number of imidazole rings is 1. The van der Waals surface area contributed by atoms with Gasteiger partial charge in [0.15, 0.2) is 19.9 Å². The molecule has 0 aliphatic carbocycles. The fourth-order valence-electron chi connectivity index (χ4n) is 1.55. The Morgan fingerprint density at radius 1 is 1.28 bits per heavy atom. The first-order valence-corrected chi connectivity index (χ1v) is 8.20. The quantitative estimate of drug-likeness (QED) is 0.839. The molecule has 0 aliphatic rings. The number of hydrogen-bond acceptors (Lipinski definition) is 5. The molecule has 0 bridgehead atoms. The van der Waals surface area contributed by atoms with Crippen LogP contribution in [0.5, 0.6) is 0 Å². The minimum absolute atomic E-state index is 0.216. The van der Waals surface area contributed by atoms with E-state index in [0.717, 1.165) is 4.40 Å². The fourth-order valence-corrected chi connectivity index (χ4v) is 3.87. The summed E-state index contributed by atoms with van der Waals surface area (Å²) in [6.45, 7) is 1.41. The molecule has 2 aromatic heterocycles. The summed E-state index contributed by atoms with van der Waals surface area (Å²) in [7, 11) is -7.95. The zero-order chi connectivity index (χ0) is 13.6. The van der Waals surface area contributed by atoms with Crippen LogP contribution in [0.25, 0.3) is 5.65 Å². The molecule has 0 aromatic carbocycles. The summed E-state index contributed by atoms with van der Waals surface area (Å²) in [6, 6.07) is 4.69. The highest BCUT2D eigenvalue weighted by Gasteiger charge is 2.29. The highest BCUT2D eigenvalue weighted by atomic mass is 32.2. The zero-order valence-electron chi connectivity index (χ0n) is 9.44. The third kappa shape index (κ3) is 2.00. The molecule has 0 radical (unpaired) electrons. The van der Waals surface area contributed by atoms with Crippen molar-refractivity contribution in [1.82, 2.24) is 9.38 Å². The predicted octanol–water partition coefficient (Wildman–Crippen LogP) is -0.225. The molecule has 0 amide bonds. The van der Waals surface area contributed by atoms with Gasteiger partial charge < -0.3 is 0 Å². The van der Waals surface area contributed by atoms with E-state index in [1.807, 2.05) is 0 Å². The third-order valence-electron chi connectivity index (χ3n) is 2.40. The molecular weight excluding hydrogens is 278 g/mol.